The van der Waals surface area contributed by atoms with Crippen LogP contribution in [0.5, 0.6) is 0 Å². The van der Waals surface area contributed by atoms with Crippen LogP contribution in [0.15, 0.2) is 0 Å². The third kappa shape index (κ3) is 1.88. The molecule has 2 aromatic heterocycles. The Morgan fingerprint density at radius 1 is 1.43 bits per heavy atom. The molecule has 6 heteroatoms. The van der Waals surface area contributed by atoms with Crippen molar-refractivity contribution >= 4 is 17.1 Å². The second kappa shape index (κ2) is 4.73. The maximum atomic E-state index is 6.22. The predicted molar refractivity (Wildman–Crippen MR) is 83.1 cm³/mol. The number of aromatic nitrogens is 4. The third-order valence-corrected chi connectivity index (χ3v) is 4.97. The SMILES string of the molecule is CCCc1nn(C)c2c1nc(N)n2C1CC(OC)C1(C)C. The maximum Gasteiger partial charge on any atom is 0.202 e. The summed E-state index contributed by atoms with van der Waals surface area (Å²) in [6.45, 7) is 6.60. The lowest BCUT2D eigenvalue weighted by atomic mass is 9.64. The topological polar surface area (TPSA) is 70.9 Å². The van der Waals surface area contributed by atoms with Gasteiger partial charge in [0.1, 0.15) is 5.52 Å². The first-order chi connectivity index (χ1) is 9.91. The molecule has 116 valence electrons. The summed E-state index contributed by atoms with van der Waals surface area (Å²) in [5.74, 6) is 0.586. The molecule has 1 fully saturated rings. The van der Waals surface area contributed by atoms with Gasteiger partial charge in [-0.1, -0.05) is 27.2 Å². The first kappa shape index (κ1) is 14.4. The van der Waals surface area contributed by atoms with Gasteiger partial charge in [-0.05, 0) is 12.8 Å². The Hall–Kier alpha value is -1.56. The highest BCUT2D eigenvalue weighted by Gasteiger charge is 2.51. The molecule has 2 aromatic rings. The number of rotatable bonds is 4. The molecule has 2 atom stereocenters. The quantitative estimate of drug-likeness (QED) is 0.938. The largest absolute Gasteiger partial charge is 0.381 e. The summed E-state index contributed by atoms with van der Waals surface area (Å²) >= 11 is 0. The minimum atomic E-state index is 0.0473. The van der Waals surface area contributed by atoms with Crippen molar-refractivity contribution in [2.75, 3.05) is 12.8 Å². The number of methoxy groups -OCH3 is 1. The lowest BCUT2D eigenvalue weighted by molar-refractivity contribution is -0.111. The minimum Gasteiger partial charge on any atom is -0.381 e. The molecule has 2 heterocycles. The van der Waals surface area contributed by atoms with Crippen LogP contribution in [0.4, 0.5) is 5.95 Å². The Bertz CT molecular complexity index is 669. The zero-order valence-electron chi connectivity index (χ0n) is 13.6. The van der Waals surface area contributed by atoms with E-state index in [4.69, 9.17) is 10.5 Å². The smallest absolute Gasteiger partial charge is 0.202 e. The number of fused-ring (bicyclic) bond motifs is 1. The number of anilines is 1. The molecule has 1 aliphatic rings. The summed E-state index contributed by atoms with van der Waals surface area (Å²) in [5.41, 5.74) is 9.29. The second-order valence-corrected chi connectivity index (χ2v) is 6.63. The van der Waals surface area contributed by atoms with E-state index < -0.39 is 0 Å². The zero-order valence-corrected chi connectivity index (χ0v) is 13.6. The molecular formula is C15H25N5O. The fraction of sp³-hybridized carbons (Fsp3) is 0.733. The summed E-state index contributed by atoms with van der Waals surface area (Å²) < 4.78 is 9.63. The van der Waals surface area contributed by atoms with E-state index in [0.29, 0.717) is 12.0 Å². The van der Waals surface area contributed by atoms with Crippen LogP contribution in [0.25, 0.3) is 11.2 Å². The van der Waals surface area contributed by atoms with Gasteiger partial charge in [-0.15, -0.1) is 0 Å². The molecular weight excluding hydrogens is 266 g/mol. The monoisotopic (exact) mass is 291 g/mol. The predicted octanol–water partition coefficient (Wildman–Crippen LogP) is 2.29. The zero-order chi connectivity index (χ0) is 15.4. The van der Waals surface area contributed by atoms with Crippen molar-refractivity contribution in [3.8, 4) is 0 Å². The first-order valence-electron chi connectivity index (χ1n) is 7.63. The maximum absolute atomic E-state index is 6.22. The van der Waals surface area contributed by atoms with Crippen molar-refractivity contribution in [3.63, 3.8) is 0 Å². The van der Waals surface area contributed by atoms with E-state index >= 15 is 0 Å². The summed E-state index contributed by atoms with van der Waals surface area (Å²) in [6, 6.07) is 0.303. The molecule has 3 rings (SSSR count). The van der Waals surface area contributed by atoms with E-state index in [1.54, 1.807) is 7.11 Å². The molecule has 21 heavy (non-hydrogen) atoms. The molecule has 0 aliphatic heterocycles. The summed E-state index contributed by atoms with van der Waals surface area (Å²) in [7, 11) is 3.75. The van der Waals surface area contributed by atoms with Crippen molar-refractivity contribution in [3.05, 3.63) is 5.69 Å². The highest BCUT2D eigenvalue weighted by atomic mass is 16.5. The Kier molecular flexibility index (Phi) is 3.24. The van der Waals surface area contributed by atoms with E-state index in [-0.39, 0.29) is 11.5 Å². The van der Waals surface area contributed by atoms with Crippen LogP contribution in [-0.4, -0.2) is 32.5 Å². The van der Waals surface area contributed by atoms with E-state index in [9.17, 15) is 0 Å². The van der Waals surface area contributed by atoms with E-state index in [0.717, 1.165) is 36.1 Å². The Morgan fingerprint density at radius 2 is 2.14 bits per heavy atom. The van der Waals surface area contributed by atoms with Crippen molar-refractivity contribution < 1.29 is 4.74 Å². The number of ether oxygens (including phenoxy) is 1. The van der Waals surface area contributed by atoms with Gasteiger partial charge in [0.25, 0.3) is 0 Å². The fourth-order valence-electron chi connectivity index (χ4n) is 3.63. The van der Waals surface area contributed by atoms with Crippen molar-refractivity contribution in [1.29, 1.82) is 0 Å². The molecule has 0 bridgehead atoms. The number of nitrogens with two attached hydrogens (primary N) is 1. The molecule has 2 N–H and O–H groups in total. The van der Waals surface area contributed by atoms with Crippen molar-refractivity contribution in [1.82, 2.24) is 19.3 Å². The Labute approximate surface area is 125 Å². The molecule has 1 saturated carbocycles. The van der Waals surface area contributed by atoms with Gasteiger partial charge in [0.2, 0.25) is 5.95 Å². The highest BCUT2D eigenvalue weighted by Crippen LogP contribution is 2.52. The number of nitrogens with zero attached hydrogens (tertiary/aromatic N) is 4. The molecule has 0 radical (unpaired) electrons. The summed E-state index contributed by atoms with van der Waals surface area (Å²) in [5, 5.41) is 4.62. The van der Waals surface area contributed by atoms with E-state index in [2.05, 4.69) is 35.4 Å². The van der Waals surface area contributed by atoms with E-state index in [1.807, 2.05) is 11.7 Å². The number of nitrogen functional groups attached to an aromatic ring is 1. The molecule has 0 amide bonds. The standard InChI is InChI=1S/C15H25N5O/c1-6-7-9-12-13(19(4)18-9)20(14(16)17-12)10-8-11(21-5)15(10,2)3/h10-11H,6-8H2,1-5H3,(H2,16,17). The Balaban J connectivity index is 2.10. The molecule has 6 nitrogen and oxygen atoms in total. The van der Waals surface area contributed by atoms with Crippen LogP contribution in [0.1, 0.15) is 45.3 Å². The van der Waals surface area contributed by atoms with E-state index in [1.165, 1.54) is 0 Å². The highest BCUT2D eigenvalue weighted by molar-refractivity contribution is 5.78. The number of imidazole rings is 1. The van der Waals surface area contributed by atoms with Gasteiger partial charge >= 0.3 is 0 Å². The van der Waals surface area contributed by atoms with Crippen LogP contribution in [0, 0.1) is 5.41 Å². The van der Waals surface area contributed by atoms with Crippen LogP contribution in [0.3, 0.4) is 0 Å². The van der Waals surface area contributed by atoms with Gasteiger partial charge in [-0.2, -0.15) is 5.10 Å². The van der Waals surface area contributed by atoms with Crippen LogP contribution in [0.2, 0.25) is 0 Å². The van der Waals surface area contributed by atoms with Gasteiger partial charge in [-0.25, -0.2) is 4.98 Å². The van der Waals surface area contributed by atoms with Gasteiger partial charge in [0.05, 0.1) is 11.8 Å². The summed E-state index contributed by atoms with van der Waals surface area (Å²) in [6.07, 6.45) is 3.22. The molecule has 0 aromatic carbocycles. The second-order valence-electron chi connectivity index (χ2n) is 6.63. The minimum absolute atomic E-state index is 0.0473. The molecule has 0 saturated heterocycles. The normalized spacial score (nSPS) is 24.4. The first-order valence-corrected chi connectivity index (χ1v) is 7.63. The van der Waals surface area contributed by atoms with Gasteiger partial charge in [0.15, 0.2) is 5.65 Å². The molecule has 0 spiro atoms. The molecule has 2 unspecified atom stereocenters. The van der Waals surface area contributed by atoms with Crippen LogP contribution in [-0.2, 0) is 18.2 Å². The number of hydrogen-bond acceptors (Lipinski definition) is 4. The average molecular weight is 291 g/mol. The lowest BCUT2D eigenvalue weighted by Crippen LogP contribution is -2.51. The van der Waals surface area contributed by atoms with Crippen LogP contribution < -0.4 is 5.73 Å². The fourth-order valence-corrected chi connectivity index (χ4v) is 3.63. The van der Waals surface area contributed by atoms with Crippen LogP contribution >= 0.6 is 0 Å². The molecule has 1 aliphatic carbocycles. The number of aryl methyl sites for hydroxylation is 2. The summed E-state index contributed by atoms with van der Waals surface area (Å²) in [4.78, 5) is 4.59. The van der Waals surface area contributed by atoms with Gasteiger partial charge in [0, 0.05) is 25.6 Å². The third-order valence-electron chi connectivity index (χ3n) is 4.97. The average Bonchev–Trinajstić information content (AvgIpc) is 2.89. The number of hydrogen-bond donors (Lipinski definition) is 1. The van der Waals surface area contributed by atoms with Crippen molar-refractivity contribution in [2.24, 2.45) is 12.5 Å². The van der Waals surface area contributed by atoms with Gasteiger partial charge in [-0.3, -0.25) is 9.25 Å². The Morgan fingerprint density at radius 3 is 2.71 bits per heavy atom. The van der Waals surface area contributed by atoms with Gasteiger partial charge < -0.3 is 10.5 Å². The van der Waals surface area contributed by atoms with Crippen molar-refractivity contribution in [2.45, 2.75) is 52.2 Å². The lowest BCUT2D eigenvalue weighted by Gasteiger charge is -2.51.